The van der Waals surface area contributed by atoms with Crippen molar-refractivity contribution in [2.24, 2.45) is 0 Å². The van der Waals surface area contributed by atoms with Crippen LogP contribution in [-0.2, 0) is 16.1 Å². The monoisotopic (exact) mass is 393 g/mol. The maximum Gasteiger partial charge on any atom is 0.338 e. The van der Waals surface area contributed by atoms with Crippen molar-refractivity contribution < 1.29 is 14.3 Å². The molecule has 3 rings (SSSR count). The third-order valence-electron chi connectivity index (χ3n) is 4.75. The van der Waals surface area contributed by atoms with E-state index in [9.17, 15) is 9.59 Å². The third-order valence-corrected chi connectivity index (χ3v) is 4.75. The topological polar surface area (TPSA) is 72.7 Å². The zero-order chi connectivity index (χ0) is 20.8. The lowest BCUT2D eigenvalue weighted by molar-refractivity contribution is -0.121. The maximum absolute atomic E-state index is 12.1. The van der Waals surface area contributed by atoms with Crippen LogP contribution in [0, 0.1) is 6.92 Å². The molecule has 0 fully saturated rings. The summed E-state index contributed by atoms with van der Waals surface area (Å²) in [5.74, 6) is -0.300. The van der Waals surface area contributed by atoms with Gasteiger partial charge in [0, 0.05) is 18.2 Å². The molecule has 0 spiro atoms. The molecule has 152 valence electrons. The van der Waals surface area contributed by atoms with Gasteiger partial charge in [-0.25, -0.2) is 9.78 Å². The standard InChI is InChI=1S/C23H27N3O3/c1-4-6-7-21(27)24-14-19-22(25-20-13-8-16(3)15-26(19)20)17-9-11-18(12-10-17)23(28)29-5-2/h8-13,15H,4-7,14H2,1-3H3,(H,24,27). The van der Waals surface area contributed by atoms with E-state index in [4.69, 9.17) is 9.72 Å². The fourth-order valence-electron chi connectivity index (χ4n) is 3.19. The van der Waals surface area contributed by atoms with Crippen LogP contribution in [0.15, 0.2) is 42.6 Å². The highest BCUT2D eigenvalue weighted by Crippen LogP contribution is 2.25. The van der Waals surface area contributed by atoms with Crippen LogP contribution in [-0.4, -0.2) is 27.9 Å². The van der Waals surface area contributed by atoms with Gasteiger partial charge in [-0.05, 0) is 44.0 Å². The number of benzene rings is 1. The molecule has 6 nitrogen and oxygen atoms in total. The Morgan fingerprint density at radius 3 is 2.55 bits per heavy atom. The zero-order valence-corrected chi connectivity index (χ0v) is 17.2. The van der Waals surface area contributed by atoms with E-state index in [2.05, 4.69) is 12.2 Å². The van der Waals surface area contributed by atoms with Gasteiger partial charge in [-0.2, -0.15) is 0 Å². The van der Waals surface area contributed by atoms with E-state index < -0.39 is 0 Å². The number of unbranched alkanes of at least 4 members (excludes halogenated alkanes) is 1. The van der Waals surface area contributed by atoms with Gasteiger partial charge in [0.05, 0.1) is 30.1 Å². The number of hydrogen-bond donors (Lipinski definition) is 1. The van der Waals surface area contributed by atoms with Crippen molar-refractivity contribution in [1.29, 1.82) is 0 Å². The molecule has 0 aliphatic heterocycles. The summed E-state index contributed by atoms with van der Waals surface area (Å²) in [6, 6.07) is 11.2. The summed E-state index contributed by atoms with van der Waals surface area (Å²) in [4.78, 5) is 28.8. The number of carbonyl (C=O) groups is 2. The molecule has 0 aliphatic carbocycles. The minimum atomic E-state index is -0.340. The van der Waals surface area contributed by atoms with Crippen LogP contribution in [0.25, 0.3) is 16.9 Å². The molecule has 0 bridgehead atoms. The first-order valence-corrected chi connectivity index (χ1v) is 10.0. The highest BCUT2D eigenvalue weighted by Gasteiger charge is 2.16. The third kappa shape index (κ3) is 4.83. The predicted molar refractivity (Wildman–Crippen MR) is 113 cm³/mol. The summed E-state index contributed by atoms with van der Waals surface area (Å²) < 4.78 is 7.07. The Hall–Kier alpha value is -3.15. The van der Waals surface area contributed by atoms with Crippen molar-refractivity contribution in [3.63, 3.8) is 0 Å². The van der Waals surface area contributed by atoms with Gasteiger partial charge in [0.15, 0.2) is 0 Å². The summed E-state index contributed by atoms with van der Waals surface area (Å²) in [5.41, 5.74) is 5.02. The average molecular weight is 393 g/mol. The number of ether oxygens (including phenoxy) is 1. The number of carbonyl (C=O) groups excluding carboxylic acids is 2. The Balaban J connectivity index is 1.94. The summed E-state index contributed by atoms with van der Waals surface area (Å²) in [7, 11) is 0. The Bertz CT molecular complexity index is 1010. The SMILES string of the molecule is CCCCC(=O)NCc1c(-c2ccc(C(=O)OCC)cc2)nc2ccc(C)cn12. The number of pyridine rings is 1. The molecular weight excluding hydrogens is 366 g/mol. The minimum absolute atomic E-state index is 0.0399. The van der Waals surface area contributed by atoms with Crippen molar-refractivity contribution in [3.8, 4) is 11.3 Å². The molecule has 6 heteroatoms. The van der Waals surface area contributed by atoms with Gasteiger partial charge < -0.3 is 14.5 Å². The molecule has 0 atom stereocenters. The number of rotatable bonds is 8. The van der Waals surface area contributed by atoms with Crippen LogP contribution >= 0.6 is 0 Å². The fourth-order valence-corrected chi connectivity index (χ4v) is 3.19. The van der Waals surface area contributed by atoms with Crippen molar-refractivity contribution in [3.05, 3.63) is 59.4 Å². The van der Waals surface area contributed by atoms with Crippen LogP contribution in [0.3, 0.4) is 0 Å². The Labute approximate surface area is 170 Å². The van der Waals surface area contributed by atoms with Crippen molar-refractivity contribution in [2.75, 3.05) is 6.61 Å². The minimum Gasteiger partial charge on any atom is -0.462 e. The first-order valence-electron chi connectivity index (χ1n) is 10.0. The summed E-state index contributed by atoms with van der Waals surface area (Å²) in [5, 5.41) is 3.01. The lowest BCUT2D eigenvalue weighted by atomic mass is 10.1. The average Bonchev–Trinajstić information content (AvgIpc) is 3.08. The quantitative estimate of drug-likeness (QED) is 0.580. The molecule has 2 heterocycles. The van der Waals surface area contributed by atoms with E-state index >= 15 is 0 Å². The van der Waals surface area contributed by atoms with E-state index in [1.807, 2.05) is 41.8 Å². The van der Waals surface area contributed by atoms with E-state index in [1.165, 1.54) is 0 Å². The van der Waals surface area contributed by atoms with Crippen molar-refractivity contribution in [1.82, 2.24) is 14.7 Å². The number of amides is 1. The van der Waals surface area contributed by atoms with E-state index in [0.717, 1.165) is 41.0 Å². The molecule has 0 radical (unpaired) electrons. The van der Waals surface area contributed by atoms with Crippen molar-refractivity contribution in [2.45, 2.75) is 46.6 Å². The molecule has 1 aromatic carbocycles. The van der Waals surface area contributed by atoms with E-state index in [-0.39, 0.29) is 11.9 Å². The highest BCUT2D eigenvalue weighted by atomic mass is 16.5. The summed E-state index contributed by atoms with van der Waals surface area (Å²) in [6.07, 6.45) is 4.41. The van der Waals surface area contributed by atoms with Gasteiger partial charge in [-0.1, -0.05) is 31.5 Å². The van der Waals surface area contributed by atoms with Crippen LogP contribution in [0.4, 0.5) is 0 Å². The van der Waals surface area contributed by atoms with Gasteiger partial charge in [0.25, 0.3) is 0 Å². The number of hydrogen-bond acceptors (Lipinski definition) is 4. The lowest BCUT2D eigenvalue weighted by Crippen LogP contribution is -2.23. The normalized spacial score (nSPS) is 10.9. The van der Waals surface area contributed by atoms with E-state index in [1.54, 1.807) is 19.1 Å². The second-order valence-corrected chi connectivity index (χ2v) is 7.02. The number of fused-ring (bicyclic) bond motifs is 1. The summed E-state index contributed by atoms with van der Waals surface area (Å²) >= 11 is 0. The zero-order valence-electron chi connectivity index (χ0n) is 17.2. The summed E-state index contributed by atoms with van der Waals surface area (Å²) in [6.45, 7) is 6.61. The molecule has 2 aromatic heterocycles. The number of nitrogens with zero attached hydrogens (tertiary/aromatic N) is 2. The molecule has 1 N–H and O–H groups in total. The molecule has 0 saturated carbocycles. The Kier molecular flexibility index (Phi) is 6.65. The first-order chi connectivity index (χ1) is 14.0. The number of aryl methyl sites for hydroxylation is 1. The van der Waals surface area contributed by atoms with Gasteiger partial charge >= 0.3 is 5.97 Å². The number of nitrogens with one attached hydrogen (secondary N) is 1. The van der Waals surface area contributed by atoms with Gasteiger partial charge in [-0.3, -0.25) is 4.79 Å². The molecular formula is C23H27N3O3. The Morgan fingerprint density at radius 2 is 1.86 bits per heavy atom. The van der Waals surface area contributed by atoms with Crippen LogP contribution in [0.5, 0.6) is 0 Å². The van der Waals surface area contributed by atoms with Crippen molar-refractivity contribution >= 4 is 17.5 Å². The van der Waals surface area contributed by atoms with Gasteiger partial charge in [0.1, 0.15) is 5.65 Å². The second kappa shape index (κ2) is 9.37. The molecule has 0 aliphatic rings. The molecule has 3 aromatic rings. The van der Waals surface area contributed by atoms with Crippen LogP contribution in [0.1, 0.15) is 54.7 Å². The number of aromatic nitrogens is 2. The fraction of sp³-hybridized carbons (Fsp3) is 0.348. The van der Waals surface area contributed by atoms with E-state index in [0.29, 0.717) is 25.1 Å². The molecule has 1 amide bonds. The predicted octanol–water partition coefficient (Wildman–Crippen LogP) is 4.29. The molecule has 0 unspecified atom stereocenters. The Morgan fingerprint density at radius 1 is 1.10 bits per heavy atom. The van der Waals surface area contributed by atoms with Gasteiger partial charge in [0.2, 0.25) is 5.91 Å². The smallest absolute Gasteiger partial charge is 0.338 e. The van der Waals surface area contributed by atoms with Crippen LogP contribution in [0.2, 0.25) is 0 Å². The lowest BCUT2D eigenvalue weighted by Gasteiger charge is -2.09. The highest BCUT2D eigenvalue weighted by molar-refractivity contribution is 5.90. The molecule has 29 heavy (non-hydrogen) atoms. The van der Waals surface area contributed by atoms with Gasteiger partial charge in [-0.15, -0.1) is 0 Å². The number of esters is 1. The maximum atomic E-state index is 12.1. The first kappa shape index (κ1) is 20.6. The largest absolute Gasteiger partial charge is 0.462 e. The second-order valence-electron chi connectivity index (χ2n) is 7.02. The number of imidazole rings is 1. The van der Waals surface area contributed by atoms with Crippen LogP contribution < -0.4 is 5.32 Å². The molecule has 0 saturated heterocycles.